The van der Waals surface area contributed by atoms with Crippen molar-refractivity contribution in [1.29, 1.82) is 0 Å². The molecule has 3 amide bonds. The minimum absolute atomic E-state index is 0.0317. The number of nitrogens with one attached hydrogen (secondary N) is 1. The number of piperazine rings is 1. The van der Waals surface area contributed by atoms with Crippen molar-refractivity contribution in [2.45, 2.75) is 24.6 Å². The van der Waals surface area contributed by atoms with Gasteiger partial charge in [-0.25, -0.2) is 9.18 Å². The van der Waals surface area contributed by atoms with E-state index in [1.165, 1.54) is 26.1 Å². The lowest BCUT2D eigenvalue weighted by Gasteiger charge is -2.47. The molecular formula is C18H18ClF4N5O2. The minimum Gasteiger partial charge on any atom is -0.352 e. The van der Waals surface area contributed by atoms with E-state index in [1.807, 2.05) is 0 Å². The maximum absolute atomic E-state index is 13.8. The topological polar surface area (TPSA) is 93.2 Å². The number of aryl methyl sites for hydroxylation is 1. The number of aromatic nitrogens is 2. The Morgan fingerprint density at radius 2 is 2.03 bits per heavy atom. The molecule has 1 saturated heterocycles. The molecule has 30 heavy (non-hydrogen) atoms. The molecule has 1 aromatic carbocycles. The van der Waals surface area contributed by atoms with Crippen molar-refractivity contribution in [2.24, 2.45) is 12.8 Å². The molecule has 3 N–H and O–H groups in total. The van der Waals surface area contributed by atoms with Gasteiger partial charge in [-0.1, -0.05) is 17.7 Å². The van der Waals surface area contributed by atoms with Crippen LogP contribution in [-0.4, -0.2) is 45.2 Å². The van der Waals surface area contributed by atoms with Gasteiger partial charge in [0.15, 0.2) is 5.69 Å². The highest BCUT2D eigenvalue weighted by molar-refractivity contribution is 6.30. The lowest BCUT2D eigenvalue weighted by atomic mass is 9.75. The van der Waals surface area contributed by atoms with Crippen molar-refractivity contribution in [3.05, 3.63) is 52.1 Å². The van der Waals surface area contributed by atoms with Gasteiger partial charge in [0.2, 0.25) is 5.91 Å². The Bertz CT molecular complexity index is 1010. The number of benzene rings is 1. The SMILES string of the molecule is Cn1nc(C(F)(F)F)cc1[C@@H](c1ccc(F)c(Cl)c1)C1(C)C(=O)NCCN1C(N)=O. The molecule has 0 radical (unpaired) electrons. The second-order valence-electron chi connectivity index (χ2n) is 7.08. The van der Waals surface area contributed by atoms with Gasteiger partial charge in [0, 0.05) is 25.8 Å². The fourth-order valence-corrected chi connectivity index (χ4v) is 4.00. The van der Waals surface area contributed by atoms with E-state index in [9.17, 15) is 27.2 Å². The Hall–Kier alpha value is -2.82. The van der Waals surface area contributed by atoms with Crippen LogP contribution in [0.15, 0.2) is 24.3 Å². The molecule has 1 aliphatic rings. The summed E-state index contributed by atoms with van der Waals surface area (Å²) in [5.41, 5.74) is 2.75. The summed E-state index contributed by atoms with van der Waals surface area (Å²) in [5, 5.41) is 5.83. The summed E-state index contributed by atoms with van der Waals surface area (Å²) in [4.78, 5) is 26.2. The summed E-state index contributed by atoms with van der Waals surface area (Å²) in [6, 6.07) is 3.38. The molecular weight excluding hydrogens is 430 g/mol. The van der Waals surface area contributed by atoms with Gasteiger partial charge in [0.25, 0.3) is 0 Å². The number of halogens is 5. The van der Waals surface area contributed by atoms with Crippen molar-refractivity contribution in [2.75, 3.05) is 13.1 Å². The van der Waals surface area contributed by atoms with Crippen LogP contribution in [0.3, 0.4) is 0 Å². The van der Waals surface area contributed by atoms with E-state index in [0.717, 1.165) is 21.7 Å². The van der Waals surface area contributed by atoms with Crippen molar-refractivity contribution < 1.29 is 27.2 Å². The molecule has 0 aliphatic carbocycles. The molecule has 1 aromatic heterocycles. The van der Waals surface area contributed by atoms with Gasteiger partial charge < -0.3 is 16.0 Å². The van der Waals surface area contributed by atoms with Gasteiger partial charge in [-0.15, -0.1) is 0 Å². The maximum atomic E-state index is 13.8. The molecule has 7 nitrogen and oxygen atoms in total. The molecule has 1 fully saturated rings. The summed E-state index contributed by atoms with van der Waals surface area (Å²) in [6.07, 6.45) is -4.74. The molecule has 1 aliphatic heterocycles. The first-order valence-electron chi connectivity index (χ1n) is 8.78. The first-order chi connectivity index (χ1) is 13.9. The van der Waals surface area contributed by atoms with Crippen molar-refractivity contribution in [3.8, 4) is 0 Å². The Morgan fingerprint density at radius 3 is 2.57 bits per heavy atom. The first kappa shape index (κ1) is 21.9. The van der Waals surface area contributed by atoms with E-state index in [2.05, 4.69) is 10.4 Å². The zero-order valence-corrected chi connectivity index (χ0v) is 16.7. The normalized spacial score (nSPS) is 20.8. The molecule has 0 saturated carbocycles. The van der Waals surface area contributed by atoms with Crippen LogP contribution >= 0.6 is 11.6 Å². The monoisotopic (exact) mass is 447 g/mol. The summed E-state index contributed by atoms with van der Waals surface area (Å²) in [6.45, 7) is 1.54. The average Bonchev–Trinajstić information content (AvgIpc) is 3.02. The molecule has 2 heterocycles. The van der Waals surface area contributed by atoms with Gasteiger partial charge in [-0.05, 0) is 30.7 Å². The Balaban J connectivity index is 2.30. The van der Waals surface area contributed by atoms with Crippen LogP contribution < -0.4 is 11.1 Å². The smallest absolute Gasteiger partial charge is 0.352 e. The second kappa shape index (κ2) is 7.46. The van der Waals surface area contributed by atoms with E-state index in [-0.39, 0.29) is 29.4 Å². The van der Waals surface area contributed by atoms with Gasteiger partial charge >= 0.3 is 12.2 Å². The van der Waals surface area contributed by atoms with Gasteiger partial charge in [0.1, 0.15) is 11.4 Å². The zero-order chi connectivity index (χ0) is 22.4. The highest BCUT2D eigenvalue weighted by Crippen LogP contribution is 2.42. The minimum atomic E-state index is -4.74. The third-order valence-corrected chi connectivity index (χ3v) is 5.54. The summed E-state index contributed by atoms with van der Waals surface area (Å²) in [7, 11) is 1.28. The summed E-state index contributed by atoms with van der Waals surface area (Å²) < 4.78 is 54.5. The molecule has 162 valence electrons. The number of hydrogen-bond donors (Lipinski definition) is 2. The number of hydrogen-bond acceptors (Lipinski definition) is 3. The predicted octanol–water partition coefficient (Wildman–Crippen LogP) is 2.63. The number of primary amides is 1. The molecule has 12 heteroatoms. The van der Waals surface area contributed by atoms with Crippen molar-refractivity contribution in [1.82, 2.24) is 20.0 Å². The molecule has 2 aromatic rings. The third-order valence-electron chi connectivity index (χ3n) is 5.25. The standard InChI is InChI=1S/C18H18ClF4N5O2/c1-17(15(29)25-5-6-28(17)16(24)30)14(9-3-4-11(20)10(19)7-9)12-8-13(18(21,22)23)26-27(12)2/h3-4,7-8,14H,5-6H2,1-2H3,(H2,24,30)(H,25,29)/t14-,17?/m1/s1. The van der Waals surface area contributed by atoms with Crippen LogP contribution in [0, 0.1) is 5.82 Å². The van der Waals surface area contributed by atoms with Crippen LogP contribution in [0.25, 0.3) is 0 Å². The number of nitrogens with zero attached hydrogens (tertiary/aromatic N) is 3. The van der Waals surface area contributed by atoms with Crippen LogP contribution in [0.4, 0.5) is 22.4 Å². The Labute approximate surface area is 173 Å². The van der Waals surface area contributed by atoms with Crippen LogP contribution in [0.5, 0.6) is 0 Å². The van der Waals surface area contributed by atoms with Crippen molar-refractivity contribution in [3.63, 3.8) is 0 Å². The molecule has 2 atom stereocenters. The largest absolute Gasteiger partial charge is 0.435 e. The number of carbonyl (C=O) groups is 2. The fourth-order valence-electron chi connectivity index (χ4n) is 3.81. The Morgan fingerprint density at radius 1 is 1.37 bits per heavy atom. The van der Waals surface area contributed by atoms with Crippen LogP contribution in [-0.2, 0) is 18.0 Å². The number of rotatable bonds is 3. The van der Waals surface area contributed by atoms with Gasteiger partial charge in [-0.3, -0.25) is 9.48 Å². The summed E-state index contributed by atoms with van der Waals surface area (Å²) >= 11 is 5.90. The molecule has 3 rings (SSSR count). The van der Waals surface area contributed by atoms with Crippen LogP contribution in [0.1, 0.15) is 29.8 Å². The second-order valence-corrected chi connectivity index (χ2v) is 7.48. The lowest BCUT2D eigenvalue weighted by Crippen LogP contribution is -2.68. The zero-order valence-electron chi connectivity index (χ0n) is 15.9. The maximum Gasteiger partial charge on any atom is 0.435 e. The fraction of sp³-hybridized carbons (Fsp3) is 0.389. The van der Waals surface area contributed by atoms with Gasteiger partial charge in [0.05, 0.1) is 10.9 Å². The van der Waals surface area contributed by atoms with E-state index >= 15 is 0 Å². The number of amides is 3. The average molecular weight is 448 g/mol. The summed E-state index contributed by atoms with van der Waals surface area (Å²) in [5.74, 6) is -2.56. The molecule has 1 unspecified atom stereocenters. The highest BCUT2D eigenvalue weighted by atomic mass is 35.5. The first-order valence-corrected chi connectivity index (χ1v) is 9.16. The number of carbonyl (C=O) groups excluding carboxylic acids is 2. The molecule has 0 bridgehead atoms. The van der Waals surface area contributed by atoms with E-state index in [0.29, 0.717) is 0 Å². The van der Waals surface area contributed by atoms with E-state index < -0.39 is 41.1 Å². The van der Waals surface area contributed by atoms with E-state index in [4.69, 9.17) is 17.3 Å². The lowest BCUT2D eigenvalue weighted by molar-refractivity contribution is -0.141. The van der Waals surface area contributed by atoms with Gasteiger partial charge in [-0.2, -0.15) is 18.3 Å². The highest BCUT2D eigenvalue weighted by Gasteiger charge is 2.52. The number of alkyl halides is 3. The number of nitrogens with two attached hydrogens (primary N) is 1. The van der Waals surface area contributed by atoms with Crippen molar-refractivity contribution >= 4 is 23.5 Å². The van der Waals surface area contributed by atoms with Crippen LogP contribution in [0.2, 0.25) is 5.02 Å². The van der Waals surface area contributed by atoms with E-state index in [1.54, 1.807) is 0 Å². The Kier molecular flexibility index (Phi) is 5.44. The third kappa shape index (κ3) is 3.57. The molecule has 0 spiro atoms. The predicted molar refractivity (Wildman–Crippen MR) is 99.2 cm³/mol. The number of urea groups is 1. The quantitative estimate of drug-likeness (QED) is 0.708.